The molecule has 0 saturated heterocycles. The second-order valence-electron chi connectivity index (χ2n) is 5.97. The molecule has 1 aromatic rings. The van der Waals surface area contributed by atoms with Crippen LogP contribution in [0.2, 0.25) is 0 Å². The Morgan fingerprint density at radius 3 is 2.29 bits per heavy atom. The molecule has 1 atom stereocenters. The SMILES string of the molecule is CNC(C)c1cc(Br)ccc1OCCN(C(C)C)C(C)C. The third-order valence-electron chi connectivity index (χ3n) is 3.80. The number of benzene rings is 1. The highest BCUT2D eigenvalue weighted by molar-refractivity contribution is 9.10. The minimum atomic E-state index is 0.267. The zero-order valence-electron chi connectivity index (χ0n) is 14.1. The second kappa shape index (κ2) is 8.76. The van der Waals surface area contributed by atoms with Crippen molar-refractivity contribution < 1.29 is 4.74 Å². The zero-order chi connectivity index (χ0) is 16.0. The molecule has 21 heavy (non-hydrogen) atoms. The largest absolute Gasteiger partial charge is 0.492 e. The third-order valence-corrected chi connectivity index (χ3v) is 4.30. The minimum absolute atomic E-state index is 0.267. The molecule has 0 saturated carbocycles. The van der Waals surface area contributed by atoms with Gasteiger partial charge in [-0.2, -0.15) is 0 Å². The molecule has 3 nitrogen and oxygen atoms in total. The van der Waals surface area contributed by atoms with Crippen LogP contribution in [0.15, 0.2) is 22.7 Å². The molecular formula is C17H29BrN2O. The van der Waals surface area contributed by atoms with Gasteiger partial charge in [0.15, 0.2) is 0 Å². The first kappa shape index (κ1) is 18.5. The first-order chi connectivity index (χ1) is 9.86. The van der Waals surface area contributed by atoms with Crippen LogP contribution in [0.3, 0.4) is 0 Å². The van der Waals surface area contributed by atoms with Crippen LogP contribution in [0.1, 0.15) is 46.2 Å². The number of hydrogen-bond donors (Lipinski definition) is 1. The van der Waals surface area contributed by atoms with E-state index in [9.17, 15) is 0 Å². The average molecular weight is 357 g/mol. The summed E-state index contributed by atoms with van der Waals surface area (Å²) in [5.74, 6) is 0.965. The zero-order valence-corrected chi connectivity index (χ0v) is 15.7. The molecular weight excluding hydrogens is 328 g/mol. The number of nitrogens with one attached hydrogen (secondary N) is 1. The summed E-state index contributed by atoms with van der Waals surface area (Å²) in [5.41, 5.74) is 1.19. The van der Waals surface area contributed by atoms with Crippen LogP contribution in [-0.2, 0) is 0 Å². The highest BCUT2D eigenvalue weighted by Crippen LogP contribution is 2.28. The Balaban J connectivity index is 2.71. The molecule has 120 valence electrons. The predicted octanol–water partition coefficient (Wildman–Crippen LogP) is 4.23. The Morgan fingerprint density at radius 1 is 1.14 bits per heavy atom. The van der Waals surface area contributed by atoms with Gasteiger partial charge in [-0.05, 0) is 59.9 Å². The highest BCUT2D eigenvalue weighted by Gasteiger charge is 2.14. The molecule has 4 heteroatoms. The molecule has 0 amide bonds. The van der Waals surface area contributed by atoms with E-state index in [1.807, 2.05) is 19.2 Å². The van der Waals surface area contributed by atoms with Crippen molar-refractivity contribution in [2.75, 3.05) is 20.2 Å². The van der Waals surface area contributed by atoms with E-state index in [4.69, 9.17) is 4.74 Å². The average Bonchev–Trinajstić information content (AvgIpc) is 2.42. The third kappa shape index (κ3) is 5.61. The summed E-state index contributed by atoms with van der Waals surface area (Å²) in [6.45, 7) is 12.7. The monoisotopic (exact) mass is 356 g/mol. The summed E-state index contributed by atoms with van der Waals surface area (Å²) in [4.78, 5) is 2.44. The lowest BCUT2D eigenvalue weighted by molar-refractivity contribution is 0.141. The van der Waals surface area contributed by atoms with Gasteiger partial charge >= 0.3 is 0 Å². The van der Waals surface area contributed by atoms with E-state index in [-0.39, 0.29) is 6.04 Å². The molecule has 0 heterocycles. The van der Waals surface area contributed by atoms with Crippen LogP contribution in [0.5, 0.6) is 5.75 Å². The van der Waals surface area contributed by atoms with Gasteiger partial charge in [-0.3, -0.25) is 4.90 Å². The molecule has 0 fully saturated rings. The number of rotatable bonds is 8. The van der Waals surface area contributed by atoms with Crippen molar-refractivity contribution in [3.05, 3.63) is 28.2 Å². The van der Waals surface area contributed by atoms with Crippen molar-refractivity contribution >= 4 is 15.9 Å². The van der Waals surface area contributed by atoms with Gasteiger partial charge in [0, 0.05) is 34.7 Å². The maximum absolute atomic E-state index is 6.04. The second-order valence-corrected chi connectivity index (χ2v) is 6.88. The Kier molecular flexibility index (Phi) is 7.71. The minimum Gasteiger partial charge on any atom is -0.492 e. The van der Waals surface area contributed by atoms with Crippen LogP contribution in [0, 0.1) is 0 Å². The molecule has 0 aliphatic heterocycles. The lowest BCUT2D eigenvalue weighted by Gasteiger charge is -2.30. The van der Waals surface area contributed by atoms with E-state index in [2.05, 4.69) is 66.8 Å². The fourth-order valence-corrected chi connectivity index (χ4v) is 2.90. The molecule has 0 aromatic heterocycles. The van der Waals surface area contributed by atoms with Crippen LogP contribution >= 0.6 is 15.9 Å². The molecule has 1 aromatic carbocycles. The Bertz CT molecular complexity index is 427. The standard InChI is InChI=1S/C17H29BrN2O/c1-12(2)20(13(3)4)9-10-21-17-8-7-15(18)11-16(17)14(5)19-6/h7-8,11-14,19H,9-10H2,1-6H3. The number of ether oxygens (including phenoxy) is 1. The quantitative estimate of drug-likeness (QED) is 0.754. The molecule has 0 aliphatic carbocycles. The molecule has 1 rings (SSSR count). The van der Waals surface area contributed by atoms with Crippen molar-refractivity contribution in [2.24, 2.45) is 0 Å². The summed E-state index contributed by atoms with van der Waals surface area (Å²) >= 11 is 3.53. The fourth-order valence-electron chi connectivity index (χ4n) is 2.52. The molecule has 0 aliphatic rings. The van der Waals surface area contributed by atoms with E-state index >= 15 is 0 Å². The van der Waals surface area contributed by atoms with Gasteiger partial charge in [0.25, 0.3) is 0 Å². The first-order valence-corrected chi connectivity index (χ1v) is 8.51. The molecule has 1 N–H and O–H groups in total. The molecule has 0 radical (unpaired) electrons. The number of hydrogen-bond acceptors (Lipinski definition) is 3. The fraction of sp³-hybridized carbons (Fsp3) is 0.647. The Hall–Kier alpha value is -0.580. The van der Waals surface area contributed by atoms with Crippen molar-refractivity contribution in [2.45, 2.75) is 52.7 Å². The van der Waals surface area contributed by atoms with E-state index in [1.165, 1.54) is 5.56 Å². The van der Waals surface area contributed by atoms with Gasteiger partial charge < -0.3 is 10.1 Å². The van der Waals surface area contributed by atoms with E-state index in [0.717, 1.165) is 16.8 Å². The lowest BCUT2D eigenvalue weighted by Crippen LogP contribution is -2.39. The lowest BCUT2D eigenvalue weighted by atomic mass is 10.1. The van der Waals surface area contributed by atoms with Gasteiger partial charge in [-0.1, -0.05) is 15.9 Å². The van der Waals surface area contributed by atoms with E-state index in [0.29, 0.717) is 18.7 Å². The van der Waals surface area contributed by atoms with Crippen LogP contribution in [0.25, 0.3) is 0 Å². The predicted molar refractivity (Wildman–Crippen MR) is 94.1 cm³/mol. The summed E-state index contributed by atoms with van der Waals surface area (Å²) in [6, 6.07) is 7.54. The van der Waals surface area contributed by atoms with Crippen molar-refractivity contribution in [1.82, 2.24) is 10.2 Å². The van der Waals surface area contributed by atoms with Crippen molar-refractivity contribution in [1.29, 1.82) is 0 Å². The Labute approximate surface area is 138 Å². The number of nitrogens with zero attached hydrogens (tertiary/aromatic N) is 1. The van der Waals surface area contributed by atoms with Crippen molar-refractivity contribution in [3.63, 3.8) is 0 Å². The maximum Gasteiger partial charge on any atom is 0.124 e. The summed E-state index contributed by atoms with van der Waals surface area (Å²) < 4.78 is 7.12. The summed E-state index contributed by atoms with van der Waals surface area (Å²) in [5, 5.41) is 3.27. The number of halogens is 1. The van der Waals surface area contributed by atoms with E-state index in [1.54, 1.807) is 0 Å². The van der Waals surface area contributed by atoms with Crippen LogP contribution in [-0.4, -0.2) is 37.2 Å². The van der Waals surface area contributed by atoms with E-state index < -0.39 is 0 Å². The smallest absolute Gasteiger partial charge is 0.124 e. The van der Waals surface area contributed by atoms with Gasteiger partial charge in [0.05, 0.1) is 0 Å². The normalized spacial score (nSPS) is 13.2. The molecule has 1 unspecified atom stereocenters. The summed E-state index contributed by atoms with van der Waals surface area (Å²) in [7, 11) is 1.97. The topological polar surface area (TPSA) is 24.5 Å². The molecule has 0 spiro atoms. The van der Waals surface area contributed by atoms with Crippen LogP contribution < -0.4 is 10.1 Å². The van der Waals surface area contributed by atoms with Crippen molar-refractivity contribution in [3.8, 4) is 5.75 Å². The van der Waals surface area contributed by atoms with Gasteiger partial charge in [-0.25, -0.2) is 0 Å². The van der Waals surface area contributed by atoms with Gasteiger partial charge in [-0.15, -0.1) is 0 Å². The summed E-state index contributed by atoms with van der Waals surface area (Å²) in [6.07, 6.45) is 0. The van der Waals surface area contributed by atoms with Gasteiger partial charge in [0.1, 0.15) is 12.4 Å². The van der Waals surface area contributed by atoms with Gasteiger partial charge in [0.2, 0.25) is 0 Å². The first-order valence-electron chi connectivity index (χ1n) is 7.72. The highest BCUT2D eigenvalue weighted by atomic mass is 79.9. The van der Waals surface area contributed by atoms with Crippen LogP contribution in [0.4, 0.5) is 0 Å². The molecule has 0 bridgehead atoms. The Morgan fingerprint density at radius 2 is 1.76 bits per heavy atom. The maximum atomic E-state index is 6.04.